The van der Waals surface area contributed by atoms with Gasteiger partial charge in [0.25, 0.3) is 0 Å². The molecule has 2 aliphatic rings. The summed E-state index contributed by atoms with van der Waals surface area (Å²) in [7, 11) is -1.16. The van der Waals surface area contributed by atoms with Gasteiger partial charge in [-0.15, -0.1) is 0 Å². The Bertz CT molecular complexity index is 1080. The van der Waals surface area contributed by atoms with Crippen molar-refractivity contribution in [3.05, 3.63) is 59.2 Å². The summed E-state index contributed by atoms with van der Waals surface area (Å²) in [6, 6.07) is 12.2. The zero-order chi connectivity index (χ0) is 21.7. The van der Waals surface area contributed by atoms with Gasteiger partial charge in [-0.25, -0.2) is 8.42 Å². The summed E-state index contributed by atoms with van der Waals surface area (Å²) < 4.78 is 23.3. The molecule has 2 N–H and O–H groups in total. The summed E-state index contributed by atoms with van der Waals surface area (Å²) in [5.74, 6) is 0.172. The van der Waals surface area contributed by atoms with Crippen LogP contribution in [0.25, 0.3) is 0 Å². The first kappa shape index (κ1) is 20.9. The number of hydrogen-bond acceptors (Lipinski definition) is 5. The molecule has 1 heterocycles. The largest absolute Gasteiger partial charge is 0.508 e. The molecule has 1 aliphatic carbocycles. The molecule has 1 amide bonds. The van der Waals surface area contributed by atoms with Gasteiger partial charge in [0.1, 0.15) is 5.75 Å². The van der Waals surface area contributed by atoms with Crippen molar-refractivity contribution in [2.75, 3.05) is 19.8 Å². The van der Waals surface area contributed by atoms with Gasteiger partial charge in [0.05, 0.1) is 17.4 Å². The number of likely N-dealkylation sites (tertiary alicyclic amines) is 1. The van der Waals surface area contributed by atoms with E-state index in [9.17, 15) is 18.3 Å². The number of aromatic hydroxyl groups is 1. The van der Waals surface area contributed by atoms with Crippen molar-refractivity contribution in [3.63, 3.8) is 0 Å². The van der Waals surface area contributed by atoms with E-state index in [2.05, 4.69) is 24.2 Å². The number of benzene rings is 2. The molecule has 7 heteroatoms. The molecule has 0 aromatic heterocycles. The van der Waals surface area contributed by atoms with E-state index in [-0.39, 0.29) is 40.5 Å². The van der Waals surface area contributed by atoms with E-state index in [1.807, 2.05) is 12.1 Å². The summed E-state index contributed by atoms with van der Waals surface area (Å²) in [5.41, 5.74) is 2.88. The molecule has 0 spiro atoms. The van der Waals surface area contributed by atoms with E-state index < -0.39 is 9.84 Å². The van der Waals surface area contributed by atoms with Gasteiger partial charge >= 0.3 is 0 Å². The fraction of sp³-hybridized carbons (Fsp3) is 0.435. The second-order valence-electron chi connectivity index (χ2n) is 8.90. The minimum atomic E-state index is -3.25. The Morgan fingerprint density at radius 1 is 1.23 bits per heavy atom. The van der Waals surface area contributed by atoms with Crippen molar-refractivity contribution in [1.82, 2.24) is 10.2 Å². The molecule has 2 aromatic rings. The van der Waals surface area contributed by atoms with Crippen LogP contribution in [0, 0.1) is 0 Å². The van der Waals surface area contributed by atoms with Gasteiger partial charge in [0.2, 0.25) is 5.91 Å². The van der Waals surface area contributed by atoms with Crippen molar-refractivity contribution in [1.29, 1.82) is 0 Å². The van der Waals surface area contributed by atoms with Crippen molar-refractivity contribution < 1.29 is 18.3 Å². The van der Waals surface area contributed by atoms with E-state index in [0.29, 0.717) is 0 Å². The van der Waals surface area contributed by atoms with Gasteiger partial charge in [-0.1, -0.05) is 25.1 Å². The highest BCUT2D eigenvalue weighted by Gasteiger charge is 2.50. The zero-order valence-corrected chi connectivity index (χ0v) is 18.4. The van der Waals surface area contributed by atoms with Gasteiger partial charge < -0.3 is 15.3 Å². The average Bonchev–Trinajstić information content (AvgIpc) is 2.67. The number of piperidine rings is 1. The topological polar surface area (TPSA) is 86.7 Å². The second kappa shape index (κ2) is 7.39. The van der Waals surface area contributed by atoms with Crippen LogP contribution in [-0.4, -0.2) is 56.3 Å². The molecule has 6 nitrogen and oxygen atoms in total. The lowest BCUT2D eigenvalue weighted by atomic mass is 9.61. The van der Waals surface area contributed by atoms with Crippen molar-refractivity contribution in [2.24, 2.45) is 0 Å². The first-order chi connectivity index (χ1) is 14.1. The fourth-order valence-electron chi connectivity index (χ4n) is 5.00. The molecule has 2 aromatic carbocycles. The van der Waals surface area contributed by atoms with E-state index in [4.69, 9.17) is 0 Å². The van der Waals surface area contributed by atoms with Gasteiger partial charge in [-0.05, 0) is 67.4 Å². The molecule has 3 atom stereocenters. The number of nitrogens with one attached hydrogen (secondary N) is 1. The lowest BCUT2D eigenvalue weighted by molar-refractivity contribution is -0.123. The smallest absolute Gasteiger partial charge is 0.224 e. The Morgan fingerprint density at radius 3 is 2.60 bits per heavy atom. The Morgan fingerprint density at radius 2 is 1.93 bits per heavy atom. The SMILES string of the molecule is CN1CCC2(C)c3cc(O)ccc3C[C@@H]1[C@@H]2NC(=O)Cc1ccc(S(C)(=O)=O)cc1. The summed E-state index contributed by atoms with van der Waals surface area (Å²) >= 11 is 0. The number of amides is 1. The van der Waals surface area contributed by atoms with Gasteiger partial charge in [-0.3, -0.25) is 4.79 Å². The molecule has 1 unspecified atom stereocenters. The molecule has 0 saturated carbocycles. The number of phenolic OH excluding ortho intramolecular Hbond substituents is 1. The highest BCUT2D eigenvalue weighted by atomic mass is 32.2. The minimum absolute atomic E-state index is 0.0617. The molecule has 2 bridgehead atoms. The van der Waals surface area contributed by atoms with Crippen LogP contribution in [0.3, 0.4) is 0 Å². The lowest BCUT2D eigenvalue weighted by Gasteiger charge is -2.54. The number of phenols is 1. The zero-order valence-electron chi connectivity index (χ0n) is 17.6. The summed E-state index contributed by atoms with van der Waals surface area (Å²) in [4.78, 5) is 15.5. The molecule has 30 heavy (non-hydrogen) atoms. The van der Waals surface area contributed by atoms with Crippen LogP contribution >= 0.6 is 0 Å². The number of rotatable bonds is 4. The maximum Gasteiger partial charge on any atom is 0.224 e. The number of fused-ring (bicyclic) bond motifs is 4. The first-order valence-corrected chi connectivity index (χ1v) is 12.1. The standard InChI is InChI=1S/C23H28N2O4S/c1-23-10-11-25(2)20(13-16-6-7-17(26)14-19(16)23)22(23)24-21(27)12-15-4-8-18(9-5-15)30(3,28)29/h4-9,14,20,22,26H,10-13H2,1-3H3,(H,24,27)/t20-,22+,23?/m1/s1. The maximum atomic E-state index is 12.9. The highest BCUT2D eigenvalue weighted by molar-refractivity contribution is 7.90. The number of hydrogen-bond donors (Lipinski definition) is 2. The first-order valence-electron chi connectivity index (χ1n) is 10.2. The van der Waals surface area contributed by atoms with Crippen LogP contribution in [0.15, 0.2) is 47.4 Å². The highest BCUT2D eigenvalue weighted by Crippen LogP contribution is 2.45. The number of carbonyl (C=O) groups excluding carboxylic acids is 1. The molecular weight excluding hydrogens is 400 g/mol. The minimum Gasteiger partial charge on any atom is -0.508 e. The van der Waals surface area contributed by atoms with Crippen LogP contribution in [0.1, 0.15) is 30.0 Å². The number of carbonyl (C=O) groups is 1. The Kier molecular flexibility index (Phi) is 5.14. The van der Waals surface area contributed by atoms with Crippen LogP contribution in [0.4, 0.5) is 0 Å². The van der Waals surface area contributed by atoms with Gasteiger partial charge in [0.15, 0.2) is 9.84 Å². The van der Waals surface area contributed by atoms with E-state index in [0.717, 1.165) is 30.5 Å². The predicted octanol–water partition coefficient (Wildman–Crippen LogP) is 2.04. The Labute approximate surface area is 177 Å². The average molecular weight is 429 g/mol. The van der Waals surface area contributed by atoms with Crippen molar-refractivity contribution in [2.45, 2.75) is 48.6 Å². The number of sulfone groups is 1. The van der Waals surface area contributed by atoms with Gasteiger partial charge in [-0.2, -0.15) is 0 Å². The molecule has 1 fully saturated rings. The number of likely N-dealkylation sites (N-methyl/N-ethyl adjacent to an activating group) is 1. The third-order valence-corrected chi connectivity index (χ3v) is 7.92. The second-order valence-corrected chi connectivity index (χ2v) is 10.9. The molecule has 1 saturated heterocycles. The van der Waals surface area contributed by atoms with E-state index >= 15 is 0 Å². The number of nitrogens with zero attached hydrogens (tertiary/aromatic N) is 1. The third kappa shape index (κ3) is 3.72. The predicted molar refractivity (Wildman–Crippen MR) is 115 cm³/mol. The normalized spacial score (nSPS) is 26.1. The molecule has 160 valence electrons. The summed E-state index contributed by atoms with van der Waals surface area (Å²) in [6.07, 6.45) is 3.09. The molecule has 1 aliphatic heterocycles. The summed E-state index contributed by atoms with van der Waals surface area (Å²) in [6.45, 7) is 3.12. The van der Waals surface area contributed by atoms with E-state index in [1.165, 1.54) is 11.8 Å². The maximum absolute atomic E-state index is 12.9. The van der Waals surface area contributed by atoms with Crippen molar-refractivity contribution >= 4 is 15.7 Å². The van der Waals surface area contributed by atoms with Crippen LogP contribution in [0.5, 0.6) is 5.75 Å². The Balaban J connectivity index is 1.56. The molecule has 0 radical (unpaired) electrons. The monoisotopic (exact) mass is 428 g/mol. The van der Waals surface area contributed by atoms with Crippen LogP contribution < -0.4 is 5.32 Å². The van der Waals surface area contributed by atoms with E-state index in [1.54, 1.807) is 30.3 Å². The Hall–Kier alpha value is -2.38. The summed E-state index contributed by atoms with van der Waals surface area (Å²) in [5, 5.41) is 13.3. The van der Waals surface area contributed by atoms with Crippen molar-refractivity contribution in [3.8, 4) is 5.75 Å². The molecular formula is C23H28N2O4S. The van der Waals surface area contributed by atoms with Gasteiger partial charge in [0, 0.05) is 17.7 Å². The van der Waals surface area contributed by atoms with Crippen LogP contribution in [-0.2, 0) is 32.9 Å². The fourth-order valence-corrected chi connectivity index (χ4v) is 5.63. The lowest BCUT2D eigenvalue weighted by Crippen LogP contribution is -2.67. The van der Waals surface area contributed by atoms with Crippen LogP contribution in [0.2, 0.25) is 0 Å². The third-order valence-electron chi connectivity index (χ3n) is 6.79. The quantitative estimate of drug-likeness (QED) is 0.778. The molecule has 4 rings (SSSR count).